The molecule has 0 aliphatic carbocycles. The molecule has 0 bridgehead atoms. The lowest BCUT2D eigenvalue weighted by Crippen LogP contribution is -2.49. The third-order valence-electron chi connectivity index (χ3n) is 3.52. The first kappa shape index (κ1) is 15.3. The van der Waals surface area contributed by atoms with E-state index < -0.39 is 0 Å². The fourth-order valence-electron chi connectivity index (χ4n) is 2.44. The molecule has 0 unspecified atom stereocenters. The Morgan fingerprint density at radius 1 is 1.33 bits per heavy atom. The van der Waals surface area contributed by atoms with Gasteiger partial charge in [-0.2, -0.15) is 0 Å². The molecule has 3 N–H and O–H groups in total. The van der Waals surface area contributed by atoms with Crippen molar-refractivity contribution in [1.29, 1.82) is 0 Å². The summed E-state index contributed by atoms with van der Waals surface area (Å²) < 4.78 is 5.02. The summed E-state index contributed by atoms with van der Waals surface area (Å²) in [4.78, 5) is 24.1. The SMILES string of the molecule is CCOC(=O)N1CCN(c2ncnc(NN)c2CC)CC1. The summed E-state index contributed by atoms with van der Waals surface area (Å²) >= 11 is 0. The summed E-state index contributed by atoms with van der Waals surface area (Å²) in [6.45, 7) is 6.92. The van der Waals surface area contributed by atoms with E-state index in [1.54, 1.807) is 4.90 Å². The number of rotatable bonds is 4. The number of hydrogen-bond acceptors (Lipinski definition) is 7. The summed E-state index contributed by atoms with van der Waals surface area (Å²) in [5.74, 6) is 7.02. The number of nitrogens with two attached hydrogens (primary N) is 1. The molecular formula is C13H22N6O2. The van der Waals surface area contributed by atoms with Crippen molar-refractivity contribution in [3.63, 3.8) is 0 Å². The molecule has 8 nitrogen and oxygen atoms in total. The molecule has 0 spiro atoms. The summed E-state index contributed by atoms with van der Waals surface area (Å²) in [6.07, 6.45) is 2.04. The number of hydrazine groups is 1. The molecule has 1 aromatic rings. The molecule has 1 aliphatic heterocycles. The number of nitrogen functional groups attached to an aromatic ring is 1. The maximum atomic E-state index is 11.7. The highest BCUT2D eigenvalue weighted by atomic mass is 16.6. The van der Waals surface area contributed by atoms with Gasteiger partial charge >= 0.3 is 6.09 Å². The van der Waals surface area contributed by atoms with E-state index in [9.17, 15) is 4.79 Å². The first-order valence-electron chi connectivity index (χ1n) is 7.18. The number of nitrogens with zero attached hydrogens (tertiary/aromatic N) is 4. The maximum Gasteiger partial charge on any atom is 0.409 e. The van der Waals surface area contributed by atoms with Gasteiger partial charge in [0.2, 0.25) is 0 Å². The van der Waals surface area contributed by atoms with Crippen molar-refractivity contribution in [3.05, 3.63) is 11.9 Å². The standard InChI is InChI=1S/C13H22N6O2/c1-3-10-11(17-14)15-9-16-12(10)18-5-7-19(8-6-18)13(20)21-4-2/h9H,3-8,14H2,1-2H3,(H,15,16,17). The first-order chi connectivity index (χ1) is 10.2. The minimum Gasteiger partial charge on any atom is -0.450 e. The smallest absolute Gasteiger partial charge is 0.409 e. The van der Waals surface area contributed by atoms with Crippen molar-refractivity contribution in [2.24, 2.45) is 5.84 Å². The van der Waals surface area contributed by atoms with Crippen molar-refractivity contribution < 1.29 is 9.53 Å². The van der Waals surface area contributed by atoms with Gasteiger partial charge in [0, 0.05) is 31.7 Å². The zero-order valence-corrected chi connectivity index (χ0v) is 12.5. The van der Waals surface area contributed by atoms with Gasteiger partial charge < -0.3 is 20.0 Å². The fourth-order valence-corrected chi connectivity index (χ4v) is 2.44. The zero-order valence-electron chi connectivity index (χ0n) is 12.5. The number of carbonyl (C=O) groups excluding carboxylic acids is 1. The van der Waals surface area contributed by atoms with Crippen molar-refractivity contribution in [1.82, 2.24) is 14.9 Å². The Labute approximate surface area is 124 Å². The quantitative estimate of drug-likeness (QED) is 0.620. The lowest BCUT2D eigenvalue weighted by molar-refractivity contribution is 0.105. The minimum atomic E-state index is -0.250. The Morgan fingerprint density at radius 3 is 2.62 bits per heavy atom. The van der Waals surface area contributed by atoms with Crippen molar-refractivity contribution in [2.75, 3.05) is 43.1 Å². The van der Waals surface area contributed by atoms with E-state index in [4.69, 9.17) is 10.6 Å². The predicted molar refractivity (Wildman–Crippen MR) is 80.0 cm³/mol. The van der Waals surface area contributed by atoms with E-state index in [2.05, 4.69) is 20.3 Å². The molecule has 1 aliphatic rings. The molecule has 2 heterocycles. The highest BCUT2D eigenvalue weighted by Crippen LogP contribution is 2.24. The second kappa shape index (κ2) is 7.07. The van der Waals surface area contributed by atoms with E-state index in [-0.39, 0.29) is 6.09 Å². The second-order valence-corrected chi connectivity index (χ2v) is 4.70. The van der Waals surface area contributed by atoms with Crippen molar-refractivity contribution in [3.8, 4) is 0 Å². The molecule has 1 saturated heterocycles. The van der Waals surface area contributed by atoms with Gasteiger partial charge in [-0.05, 0) is 13.3 Å². The van der Waals surface area contributed by atoms with Crippen LogP contribution in [0.5, 0.6) is 0 Å². The summed E-state index contributed by atoms with van der Waals surface area (Å²) in [5.41, 5.74) is 3.60. The average Bonchev–Trinajstić information content (AvgIpc) is 2.54. The number of piperazine rings is 1. The number of nitrogens with one attached hydrogen (secondary N) is 1. The van der Waals surface area contributed by atoms with Gasteiger partial charge in [0.25, 0.3) is 0 Å². The molecule has 0 aromatic carbocycles. The Bertz CT molecular complexity index is 488. The van der Waals surface area contributed by atoms with Gasteiger partial charge in [0.1, 0.15) is 18.0 Å². The lowest BCUT2D eigenvalue weighted by atomic mass is 10.2. The summed E-state index contributed by atoms with van der Waals surface area (Å²) in [6, 6.07) is 0. The maximum absolute atomic E-state index is 11.7. The third-order valence-corrected chi connectivity index (χ3v) is 3.52. The third kappa shape index (κ3) is 3.33. The minimum absolute atomic E-state index is 0.250. The largest absolute Gasteiger partial charge is 0.450 e. The molecule has 0 atom stereocenters. The van der Waals surface area contributed by atoms with E-state index in [1.165, 1.54) is 6.33 Å². The molecule has 2 rings (SSSR count). The Morgan fingerprint density at radius 2 is 2.05 bits per heavy atom. The van der Waals surface area contributed by atoms with E-state index in [0.717, 1.165) is 17.8 Å². The number of anilines is 2. The van der Waals surface area contributed by atoms with Crippen LogP contribution in [0.3, 0.4) is 0 Å². The van der Waals surface area contributed by atoms with Gasteiger partial charge in [0.15, 0.2) is 0 Å². The van der Waals surface area contributed by atoms with Crippen LogP contribution in [0.2, 0.25) is 0 Å². The fraction of sp³-hybridized carbons (Fsp3) is 0.615. The van der Waals surface area contributed by atoms with Gasteiger partial charge in [-0.25, -0.2) is 20.6 Å². The molecule has 0 radical (unpaired) electrons. The first-order valence-corrected chi connectivity index (χ1v) is 7.18. The number of amides is 1. The van der Waals surface area contributed by atoms with Crippen LogP contribution in [0.25, 0.3) is 0 Å². The van der Waals surface area contributed by atoms with E-state index in [0.29, 0.717) is 38.6 Å². The topological polar surface area (TPSA) is 96.6 Å². The number of carbonyl (C=O) groups is 1. The van der Waals surface area contributed by atoms with Gasteiger partial charge in [-0.1, -0.05) is 6.92 Å². The highest BCUT2D eigenvalue weighted by Gasteiger charge is 2.24. The Hall–Kier alpha value is -2.09. The van der Waals surface area contributed by atoms with Gasteiger partial charge in [-0.15, -0.1) is 0 Å². The van der Waals surface area contributed by atoms with Crippen LogP contribution >= 0.6 is 0 Å². The lowest BCUT2D eigenvalue weighted by Gasteiger charge is -2.35. The van der Waals surface area contributed by atoms with Crippen molar-refractivity contribution in [2.45, 2.75) is 20.3 Å². The zero-order chi connectivity index (χ0) is 15.2. The summed E-state index contributed by atoms with van der Waals surface area (Å²) in [7, 11) is 0. The highest BCUT2D eigenvalue weighted by molar-refractivity contribution is 5.68. The van der Waals surface area contributed by atoms with Crippen LogP contribution < -0.4 is 16.2 Å². The Balaban J connectivity index is 2.07. The van der Waals surface area contributed by atoms with Crippen LogP contribution in [0.4, 0.5) is 16.4 Å². The average molecular weight is 294 g/mol. The van der Waals surface area contributed by atoms with Crippen LogP contribution in [-0.4, -0.2) is 53.7 Å². The molecule has 1 amide bonds. The van der Waals surface area contributed by atoms with Crippen LogP contribution in [0, 0.1) is 0 Å². The molecule has 8 heteroatoms. The predicted octanol–water partition coefficient (Wildman–Crippen LogP) is 0.603. The van der Waals surface area contributed by atoms with Crippen molar-refractivity contribution >= 4 is 17.7 Å². The van der Waals surface area contributed by atoms with Gasteiger partial charge in [-0.3, -0.25) is 0 Å². The molecule has 21 heavy (non-hydrogen) atoms. The number of aromatic nitrogens is 2. The van der Waals surface area contributed by atoms with E-state index >= 15 is 0 Å². The second-order valence-electron chi connectivity index (χ2n) is 4.70. The summed E-state index contributed by atoms with van der Waals surface area (Å²) in [5, 5.41) is 0. The Kier molecular flexibility index (Phi) is 5.15. The van der Waals surface area contributed by atoms with Crippen LogP contribution in [-0.2, 0) is 11.2 Å². The van der Waals surface area contributed by atoms with Crippen LogP contribution in [0.15, 0.2) is 6.33 Å². The monoisotopic (exact) mass is 294 g/mol. The van der Waals surface area contributed by atoms with Crippen LogP contribution in [0.1, 0.15) is 19.4 Å². The molecular weight excluding hydrogens is 272 g/mol. The van der Waals surface area contributed by atoms with E-state index in [1.807, 2.05) is 13.8 Å². The number of ether oxygens (including phenoxy) is 1. The van der Waals surface area contributed by atoms with Gasteiger partial charge in [0.05, 0.1) is 6.61 Å². The normalized spacial score (nSPS) is 15.0. The molecule has 0 saturated carbocycles. The molecule has 1 fully saturated rings. The number of hydrogen-bond donors (Lipinski definition) is 2. The molecule has 116 valence electrons. The molecule has 1 aromatic heterocycles.